The molecule has 1 saturated carbocycles. The molecule has 0 saturated heterocycles. The Bertz CT molecular complexity index is 383. The van der Waals surface area contributed by atoms with Crippen molar-refractivity contribution >= 4 is 5.91 Å². The number of hydrogen-bond acceptors (Lipinski definition) is 3. The van der Waals surface area contributed by atoms with Crippen molar-refractivity contribution in [2.75, 3.05) is 6.61 Å². The number of nitrogens with one attached hydrogen (secondary N) is 1. The number of nitrogens with zero attached hydrogens (tertiary/aromatic N) is 2. The average molecular weight is 251 g/mol. The van der Waals surface area contributed by atoms with Crippen molar-refractivity contribution in [3.8, 4) is 5.75 Å². The molecule has 1 aliphatic rings. The van der Waals surface area contributed by atoms with Crippen LogP contribution in [-0.4, -0.2) is 28.3 Å². The van der Waals surface area contributed by atoms with E-state index in [1.807, 2.05) is 6.92 Å². The fourth-order valence-corrected chi connectivity index (χ4v) is 2.26. The van der Waals surface area contributed by atoms with E-state index in [2.05, 4.69) is 10.4 Å². The molecule has 2 rings (SSSR count). The van der Waals surface area contributed by atoms with Gasteiger partial charge in [0.05, 0.1) is 12.4 Å². The molecule has 5 heteroatoms. The number of ether oxygens (including phenoxy) is 1. The third kappa shape index (κ3) is 3.75. The Balaban J connectivity index is 1.70. The molecule has 100 valence electrons. The molecule has 1 fully saturated rings. The van der Waals surface area contributed by atoms with E-state index in [4.69, 9.17) is 4.74 Å². The molecule has 0 atom stereocenters. The third-order valence-corrected chi connectivity index (χ3v) is 3.27. The molecule has 1 aliphatic carbocycles. The van der Waals surface area contributed by atoms with E-state index < -0.39 is 0 Å². The predicted molar refractivity (Wildman–Crippen MR) is 68.4 cm³/mol. The predicted octanol–water partition coefficient (Wildman–Crippen LogP) is 1.73. The molecule has 1 aromatic rings. The highest BCUT2D eigenvalue weighted by Crippen LogP contribution is 2.17. The Morgan fingerprint density at radius 1 is 1.50 bits per heavy atom. The molecule has 0 aromatic carbocycles. The summed E-state index contributed by atoms with van der Waals surface area (Å²) in [7, 11) is 0. The van der Waals surface area contributed by atoms with Crippen LogP contribution in [0.3, 0.4) is 0 Å². The van der Waals surface area contributed by atoms with E-state index in [0.717, 1.165) is 19.4 Å². The van der Waals surface area contributed by atoms with E-state index in [1.54, 1.807) is 17.1 Å². The smallest absolute Gasteiger partial charge is 0.258 e. The fourth-order valence-electron chi connectivity index (χ4n) is 2.26. The second-order valence-corrected chi connectivity index (χ2v) is 4.72. The van der Waals surface area contributed by atoms with Crippen LogP contribution < -0.4 is 10.1 Å². The summed E-state index contributed by atoms with van der Waals surface area (Å²) in [4.78, 5) is 11.7. The average Bonchev–Trinajstić information content (AvgIpc) is 2.85. The normalized spacial score (nSPS) is 16.5. The largest absolute Gasteiger partial charge is 0.480 e. The summed E-state index contributed by atoms with van der Waals surface area (Å²) in [5.41, 5.74) is 0. The summed E-state index contributed by atoms with van der Waals surface area (Å²) >= 11 is 0. The molecular weight excluding hydrogens is 230 g/mol. The number of aryl methyl sites for hydroxylation is 1. The van der Waals surface area contributed by atoms with Crippen molar-refractivity contribution in [1.29, 1.82) is 0 Å². The Hall–Kier alpha value is -1.52. The van der Waals surface area contributed by atoms with Gasteiger partial charge in [0, 0.05) is 12.6 Å². The highest BCUT2D eigenvalue weighted by Gasteiger charge is 2.15. The van der Waals surface area contributed by atoms with Gasteiger partial charge >= 0.3 is 0 Å². The standard InChI is InChI=1S/C13H21N3O2/c1-2-16-9-12(8-14-16)18-10-13(17)15-11-6-4-3-5-7-11/h8-9,11H,2-7,10H2,1H3,(H,15,17). The van der Waals surface area contributed by atoms with Crippen molar-refractivity contribution in [2.24, 2.45) is 0 Å². The fraction of sp³-hybridized carbons (Fsp3) is 0.692. The summed E-state index contributed by atoms with van der Waals surface area (Å²) in [6.07, 6.45) is 9.35. The minimum absolute atomic E-state index is 0.0360. The molecule has 0 radical (unpaired) electrons. The van der Waals surface area contributed by atoms with Crippen molar-refractivity contribution in [3.05, 3.63) is 12.4 Å². The maximum atomic E-state index is 11.7. The zero-order chi connectivity index (χ0) is 12.8. The van der Waals surface area contributed by atoms with E-state index >= 15 is 0 Å². The van der Waals surface area contributed by atoms with Crippen LogP contribution in [0.5, 0.6) is 5.75 Å². The van der Waals surface area contributed by atoms with Crippen LogP contribution in [0, 0.1) is 0 Å². The van der Waals surface area contributed by atoms with Gasteiger partial charge < -0.3 is 10.1 Å². The van der Waals surface area contributed by atoms with Crippen LogP contribution >= 0.6 is 0 Å². The first-order chi connectivity index (χ1) is 8.78. The van der Waals surface area contributed by atoms with Gasteiger partial charge in [0.1, 0.15) is 0 Å². The number of carbonyl (C=O) groups is 1. The van der Waals surface area contributed by atoms with E-state index in [0.29, 0.717) is 11.8 Å². The first-order valence-electron chi connectivity index (χ1n) is 6.72. The van der Waals surface area contributed by atoms with Crippen LogP contribution in [0.2, 0.25) is 0 Å². The highest BCUT2D eigenvalue weighted by molar-refractivity contribution is 5.77. The van der Waals surface area contributed by atoms with Crippen LogP contribution in [0.15, 0.2) is 12.4 Å². The summed E-state index contributed by atoms with van der Waals surface area (Å²) in [6, 6.07) is 0.341. The van der Waals surface area contributed by atoms with Crippen molar-refractivity contribution in [2.45, 2.75) is 51.6 Å². The minimum Gasteiger partial charge on any atom is -0.480 e. The second-order valence-electron chi connectivity index (χ2n) is 4.72. The minimum atomic E-state index is -0.0360. The lowest BCUT2D eigenvalue weighted by Crippen LogP contribution is -2.38. The highest BCUT2D eigenvalue weighted by atomic mass is 16.5. The van der Waals surface area contributed by atoms with Crippen molar-refractivity contribution < 1.29 is 9.53 Å². The molecular formula is C13H21N3O2. The molecule has 18 heavy (non-hydrogen) atoms. The second kappa shape index (κ2) is 6.42. The van der Waals surface area contributed by atoms with Gasteiger partial charge in [-0.1, -0.05) is 19.3 Å². The lowest BCUT2D eigenvalue weighted by molar-refractivity contribution is -0.124. The summed E-state index contributed by atoms with van der Waals surface area (Å²) < 4.78 is 7.17. The summed E-state index contributed by atoms with van der Waals surface area (Å²) in [5.74, 6) is 0.613. The zero-order valence-electron chi connectivity index (χ0n) is 10.9. The molecule has 1 amide bonds. The molecule has 1 heterocycles. The van der Waals surface area contributed by atoms with Gasteiger partial charge in [-0.2, -0.15) is 5.10 Å². The lowest BCUT2D eigenvalue weighted by Gasteiger charge is -2.22. The number of carbonyl (C=O) groups excluding carboxylic acids is 1. The van der Waals surface area contributed by atoms with Gasteiger partial charge in [0.15, 0.2) is 12.4 Å². The maximum Gasteiger partial charge on any atom is 0.258 e. The number of aromatic nitrogens is 2. The zero-order valence-corrected chi connectivity index (χ0v) is 10.9. The lowest BCUT2D eigenvalue weighted by atomic mass is 9.95. The van der Waals surface area contributed by atoms with Gasteiger partial charge in [-0.05, 0) is 19.8 Å². The van der Waals surface area contributed by atoms with Crippen LogP contribution in [0.4, 0.5) is 0 Å². The molecule has 0 spiro atoms. The number of amides is 1. The first-order valence-corrected chi connectivity index (χ1v) is 6.72. The summed E-state index contributed by atoms with van der Waals surface area (Å²) in [5, 5.41) is 7.11. The van der Waals surface area contributed by atoms with Crippen molar-refractivity contribution in [3.63, 3.8) is 0 Å². The van der Waals surface area contributed by atoms with Crippen LogP contribution in [-0.2, 0) is 11.3 Å². The Morgan fingerprint density at radius 2 is 2.28 bits per heavy atom. The van der Waals surface area contributed by atoms with Gasteiger partial charge in [-0.25, -0.2) is 0 Å². The molecule has 1 N–H and O–H groups in total. The maximum absolute atomic E-state index is 11.7. The molecule has 5 nitrogen and oxygen atoms in total. The Kier molecular flexibility index (Phi) is 4.61. The van der Waals surface area contributed by atoms with E-state index in [9.17, 15) is 4.79 Å². The molecule has 0 unspecified atom stereocenters. The topological polar surface area (TPSA) is 56.1 Å². The van der Waals surface area contributed by atoms with E-state index in [1.165, 1.54) is 19.3 Å². The van der Waals surface area contributed by atoms with Gasteiger partial charge in [0.2, 0.25) is 0 Å². The molecule has 0 aliphatic heterocycles. The Labute approximate surface area is 108 Å². The van der Waals surface area contributed by atoms with Crippen LogP contribution in [0.25, 0.3) is 0 Å². The van der Waals surface area contributed by atoms with Gasteiger partial charge in [-0.3, -0.25) is 9.48 Å². The third-order valence-electron chi connectivity index (χ3n) is 3.27. The summed E-state index contributed by atoms with van der Waals surface area (Å²) in [6.45, 7) is 2.89. The molecule has 0 bridgehead atoms. The quantitative estimate of drug-likeness (QED) is 0.867. The Morgan fingerprint density at radius 3 is 2.94 bits per heavy atom. The van der Waals surface area contributed by atoms with Gasteiger partial charge in [0.25, 0.3) is 5.91 Å². The molecule has 1 aromatic heterocycles. The SMILES string of the molecule is CCn1cc(OCC(=O)NC2CCCCC2)cn1. The number of hydrogen-bond donors (Lipinski definition) is 1. The number of rotatable bonds is 5. The monoisotopic (exact) mass is 251 g/mol. The van der Waals surface area contributed by atoms with Crippen LogP contribution in [0.1, 0.15) is 39.0 Å². The van der Waals surface area contributed by atoms with Gasteiger partial charge in [-0.15, -0.1) is 0 Å². The van der Waals surface area contributed by atoms with Crippen molar-refractivity contribution in [1.82, 2.24) is 15.1 Å². The van der Waals surface area contributed by atoms with E-state index in [-0.39, 0.29) is 12.5 Å². The first kappa shape index (κ1) is 12.9.